The first-order valence-electron chi connectivity index (χ1n) is 3.91. The van der Waals surface area contributed by atoms with E-state index in [2.05, 4.69) is 4.99 Å². The van der Waals surface area contributed by atoms with Crippen molar-refractivity contribution >= 4 is 6.21 Å². The van der Waals surface area contributed by atoms with Crippen molar-refractivity contribution in [2.75, 3.05) is 0 Å². The standard InChI is InChI=1S/C9H14N2O/c1-9(2,3)11(12)7-8-5-4-6-10-8/h4-7,12H,1-3H3. The highest BCUT2D eigenvalue weighted by atomic mass is 16.5. The number of hydroxylamine groups is 2. The molecule has 0 aromatic rings. The molecule has 0 atom stereocenters. The van der Waals surface area contributed by atoms with Gasteiger partial charge in [0.05, 0.1) is 17.4 Å². The minimum atomic E-state index is -0.279. The van der Waals surface area contributed by atoms with Gasteiger partial charge in [-0.05, 0) is 32.9 Å². The van der Waals surface area contributed by atoms with Gasteiger partial charge in [-0.15, -0.1) is 0 Å². The summed E-state index contributed by atoms with van der Waals surface area (Å²) in [5.74, 6) is 0. The largest absolute Gasteiger partial charge is 0.288 e. The highest BCUT2D eigenvalue weighted by Gasteiger charge is 2.16. The molecule has 0 fully saturated rings. The van der Waals surface area contributed by atoms with Crippen LogP contribution in [-0.2, 0) is 0 Å². The lowest BCUT2D eigenvalue weighted by molar-refractivity contribution is -0.110. The first-order valence-corrected chi connectivity index (χ1v) is 3.91. The van der Waals surface area contributed by atoms with Crippen molar-refractivity contribution < 1.29 is 5.21 Å². The number of aliphatic imine (C=N–C) groups is 1. The van der Waals surface area contributed by atoms with Crippen LogP contribution in [0.4, 0.5) is 0 Å². The zero-order chi connectivity index (χ0) is 9.19. The molecule has 0 bridgehead atoms. The van der Waals surface area contributed by atoms with Crippen molar-refractivity contribution in [3.05, 3.63) is 24.0 Å². The predicted octanol–water partition coefficient (Wildman–Crippen LogP) is 1.96. The molecule has 0 amide bonds. The summed E-state index contributed by atoms with van der Waals surface area (Å²) in [5, 5.41) is 10.7. The van der Waals surface area contributed by atoms with E-state index in [1.807, 2.05) is 32.9 Å². The highest BCUT2D eigenvalue weighted by molar-refractivity contribution is 5.76. The van der Waals surface area contributed by atoms with Crippen LogP contribution in [0, 0.1) is 0 Å². The lowest BCUT2D eigenvalue weighted by Gasteiger charge is -2.28. The lowest BCUT2D eigenvalue weighted by atomic mass is 10.1. The summed E-state index contributed by atoms with van der Waals surface area (Å²) in [6, 6.07) is 0. The number of hydrogen-bond acceptors (Lipinski definition) is 3. The molecule has 0 aromatic heterocycles. The molecule has 1 heterocycles. The summed E-state index contributed by atoms with van der Waals surface area (Å²) in [6.45, 7) is 5.77. The number of allylic oxidation sites excluding steroid dienone is 2. The average Bonchev–Trinajstić information content (AvgIpc) is 2.37. The molecule has 0 aromatic carbocycles. The average molecular weight is 166 g/mol. The third-order valence-electron chi connectivity index (χ3n) is 1.52. The van der Waals surface area contributed by atoms with Gasteiger partial charge in [-0.3, -0.25) is 15.3 Å². The van der Waals surface area contributed by atoms with Crippen LogP contribution in [0.15, 0.2) is 29.0 Å². The van der Waals surface area contributed by atoms with E-state index in [0.717, 1.165) is 10.8 Å². The summed E-state index contributed by atoms with van der Waals surface area (Å²) in [6.07, 6.45) is 6.99. The Balaban J connectivity index is 2.67. The van der Waals surface area contributed by atoms with Gasteiger partial charge in [-0.25, -0.2) is 0 Å². The van der Waals surface area contributed by atoms with Crippen molar-refractivity contribution in [2.45, 2.75) is 26.3 Å². The minimum absolute atomic E-state index is 0.279. The van der Waals surface area contributed by atoms with Crippen LogP contribution in [-0.4, -0.2) is 22.0 Å². The van der Waals surface area contributed by atoms with Gasteiger partial charge in [0.15, 0.2) is 0 Å². The highest BCUT2D eigenvalue weighted by Crippen LogP contribution is 2.14. The molecular formula is C9H14N2O. The number of hydrogen-bond donors (Lipinski definition) is 1. The summed E-state index contributed by atoms with van der Waals surface area (Å²) in [4.78, 5) is 4.01. The van der Waals surface area contributed by atoms with Crippen LogP contribution < -0.4 is 0 Å². The molecule has 12 heavy (non-hydrogen) atoms. The van der Waals surface area contributed by atoms with E-state index in [0.29, 0.717) is 0 Å². The van der Waals surface area contributed by atoms with Crippen molar-refractivity contribution in [2.24, 2.45) is 4.99 Å². The maximum absolute atomic E-state index is 9.50. The Hall–Kier alpha value is -1.09. The Labute approximate surface area is 72.7 Å². The first kappa shape index (κ1) is 9.00. The van der Waals surface area contributed by atoms with Crippen LogP contribution in [0.2, 0.25) is 0 Å². The molecule has 0 radical (unpaired) electrons. The van der Waals surface area contributed by atoms with Crippen LogP contribution in [0.25, 0.3) is 0 Å². The van der Waals surface area contributed by atoms with Gasteiger partial charge in [0.2, 0.25) is 0 Å². The SMILES string of the molecule is CC(C)(C)N(O)C=C1C=CC=N1. The third kappa shape index (κ3) is 2.20. The van der Waals surface area contributed by atoms with E-state index in [1.54, 1.807) is 12.4 Å². The Morgan fingerprint density at radius 1 is 1.50 bits per heavy atom. The van der Waals surface area contributed by atoms with E-state index < -0.39 is 0 Å². The normalized spacial score (nSPS) is 19.2. The quantitative estimate of drug-likeness (QED) is 0.604. The molecule has 3 nitrogen and oxygen atoms in total. The summed E-state index contributed by atoms with van der Waals surface area (Å²) in [7, 11) is 0. The van der Waals surface area contributed by atoms with Crippen molar-refractivity contribution in [1.29, 1.82) is 0 Å². The van der Waals surface area contributed by atoms with Gasteiger partial charge in [0, 0.05) is 6.21 Å². The van der Waals surface area contributed by atoms with Gasteiger partial charge in [0.1, 0.15) is 0 Å². The first-order chi connectivity index (χ1) is 5.50. The van der Waals surface area contributed by atoms with E-state index in [1.165, 1.54) is 0 Å². The topological polar surface area (TPSA) is 35.8 Å². The van der Waals surface area contributed by atoms with Gasteiger partial charge in [0.25, 0.3) is 0 Å². The fourth-order valence-corrected chi connectivity index (χ4v) is 0.709. The zero-order valence-corrected chi connectivity index (χ0v) is 7.65. The molecule has 0 unspecified atom stereocenters. The number of nitrogens with zero attached hydrogens (tertiary/aromatic N) is 2. The number of rotatable bonds is 1. The van der Waals surface area contributed by atoms with E-state index >= 15 is 0 Å². The van der Waals surface area contributed by atoms with Crippen molar-refractivity contribution in [3.63, 3.8) is 0 Å². The molecule has 0 aliphatic carbocycles. The molecule has 0 saturated carbocycles. The third-order valence-corrected chi connectivity index (χ3v) is 1.52. The van der Waals surface area contributed by atoms with Crippen LogP contribution in [0.3, 0.4) is 0 Å². The van der Waals surface area contributed by atoms with Crippen LogP contribution >= 0.6 is 0 Å². The minimum Gasteiger partial charge on any atom is -0.288 e. The van der Waals surface area contributed by atoms with E-state index in [4.69, 9.17) is 0 Å². The van der Waals surface area contributed by atoms with Crippen molar-refractivity contribution in [1.82, 2.24) is 5.06 Å². The Morgan fingerprint density at radius 3 is 2.58 bits per heavy atom. The Morgan fingerprint density at radius 2 is 2.17 bits per heavy atom. The second-order valence-electron chi connectivity index (χ2n) is 3.71. The Kier molecular flexibility index (Phi) is 2.33. The summed E-state index contributed by atoms with van der Waals surface area (Å²) < 4.78 is 0. The van der Waals surface area contributed by atoms with Crippen molar-refractivity contribution in [3.8, 4) is 0 Å². The van der Waals surface area contributed by atoms with Crippen LogP contribution in [0.5, 0.6) is 0 Å². The lowest BCUT2D eigenvalue weighted by Crippen LogP contribution is -2.34. The predicted molar refractivity (Wildman–Crippen MR) is 49.1 cm³/mol. The molecule has 1 rings (SSSR count). The van der Waals surface area contributed by atoms with Gasteiger partial charge in [-0.1, -0.05) is 0 Å². The Bertz CT molecular complexity index is 232. The molecular weight excluding hydrogens is 152 g/mol. The monoisotopic (exact) mass is 166 g/mol. The molecule has 3 heteroatoms. The smallest absolute Gasteiger partial charge is 0.0813 e. The molecule has 66 valence electrons. The summed E-state index contributed by atoms with van der Waals surface area (Å²) >= 11 is 0. The maximum atomic E-state index is 9.50. The van der Waals surface area contributed by atoms with Gasteiger partial charge < -0.3 is 0 Å². The second kappa shape index (κ2) is 3.11. The summed E-state index contributed by atoms with van der Waals surface area (Å²) in [5.41, 5.74) is 0.492. The maximum Gasteiger partial charge on any atom is 0.0813 e. The van der Waals surface area contributed by atoms with Crippen LogP contribution in [0.1, 0.15) is 20.8 Å². The van der Waals surface area contributed by atoms with Gasteiger partial charge in [-0.2, -0.15) is 0 Å². The van der Waals surface area contributed by atoms with E-state index in [-0.39, 0.29) is 5.54 Å². The molecule has 1 aliphatic heterocycles. The zero-order valence-electron chi connectivity index (χ0n) is 7.65. The molecule has 0 spiro atoms. The molecule has 1 N–H and O–H groups in total. The van der Waals surface area contributed by atoms with E-state index in [9.17, 15) is 5.21 Å². The second-order valence-corrected chi connectivity index (χ2v) is 3.71. The molecule has 1 aliphatic rings. The molecule has 0 saturated heterocycles. The fraction of sp³-hybridized carbons (Fsp3) is 0.444. The van der Waals surface area contributed by atoms with Gasteiger partial charge >= 0.3 is 0 Å². The fourth-order valence-electron chi connectivity index (χ4n) is 0.709.